The first-order chi connectivity index (χ1) is 8.13. The van der Waals surface area contributed by atoms with Gasteiger partial charge in [0.2, 0.25) is 5.91 Å². The summed E-state index contributed by atoms with van der Waals surface area (Å²) in [5.74, 6) is -1.03. The van der Waals surface area contributed by atoms with E-state index in [4.69, 9.17) is 4.74 Å². The minimum atomic E-state index is -1.32. The maximum Gasteiger partial charge on any atom is 0.336 e. The molecule has 7 heteroatoms. The molecule has 0 saturated carbocycles. The van der Waals surface area contributed by atoms with Crippen LogP contribution in [0.15, 0.2) is 0 Å². The summed E-state index contributed by atoms with van der Waals surface area (Å²) in [6, 6.07) is 0. The zero-order chi connectivity index (χ0) is 12.7. The van der Waals surface area contributed by atoms with Crippen LogP contribution in [0.2, 0.25) is 0 Å². The van der Waals surface area contributed by atoms with Gasteiger partial charge in [-0.05, 0) is 0 Å². The van der Waals surface area contributed by atoms with Gasteiger partial charge < -0.3 is 25.2 Å². The number of hydrogen-bond acceptors (Lipinski definition) is 6. The van der Waals surface area contributed by atoms with Gasteiger partial charge in [-0.2, -0.15) is 0 Å². The van der Waals surface area contributed by atoms with Crippen molar-refractivity contribution >= 4 is 11.9 Å². The monoisotopic (exact) mass is 246 g/mol. The van der Waals surface area contributed by atoms with E-state index in [0.29, 0.717) is 13.2 Å². The van der Waals surface area contributed by atoms with Crippen LogP contribution in [0.3, 0.4) is 0 Å². The molecule has 0 aromatic heterocycles. The molecule has 1 aliphatic heterocycles. The third-order valence-corrected chi connectivity index (χ3v) is 2.38. The van der Waals surface area contributed by atoms with E-state index in [1.807, 2.05) is 0 Å². The molecular weight excluding hydrogens is 228 g/mol. The van der Waals surface area contributed by atoms with Crippen molar-refractivity contribution in [2.45, 2.75) is 18.6 Å². The van der Waals surface area contributed by atoms with Gasteiger partial charge in [0.25, 0.3) is 0 Å². The summed E-state index contributed by atoms with van der Waals surface area (Å²) in [6.45, 7) is 1.86. The second-order valence-corrected chi connectivity index (χ2v) is 3.74. The predicted molar refractivity (Wildman–Crippen MR) is 58.3 cm³/mol. The molecule has 1 fully saturated rings. The average Bonchev–Trinajstić information content (AvgIpc) is 2.36. The maximum atomic E-state index is 11.4. The first-order valence-corrected chi connectivity index (χ1v) is 5.48. The molecule has 1 aliphatic rings. The largest absolute Gasteiger partial charge is 0.467 e. The number of hydrogen-bond donors (Lipinski definition) is 3. The normalized spacial score (nSPS) is 21.6. The van der Waals surface area contributed by atoms with Gasteiger partial charge in [0, 0.05) is 13.1 Å². The fourth-order valence-corrected chi connectivity index (χ4v) is 1.46. The van der Waals surface area contributed by atoms with Crippen molar-refractivity contribution in [3.8, 4) is 0 Å². The van der Waals surface area contributed by atoms with Crippen LogP contribution in [-0.2, 0) is 19.1 Å². The number of rotatable bonds is 5. The molecule has 2 atom stereocenters. The standard InChI is InChI=1S/C10H18N2O5/c1-16-10(15)8(13)6-12-9(14)4-7-5-11-2-3-17-7/h7-8,11,13H,2-6H2,1H3,(H,12,14). The first-order valence-electron chi connectivity index (χ1n) is 5.48. The fourth-order valence-electron chi connectivity index (χ4n) is 1.46. The van der Waals surface area contributed by atoms with Crippen molar-refractivity contribution < 1.29 is 24.2 Å². The molecule has 0 aromatic rings. The number of nitrogens with one attached hydrogen (secondary N) is 2. The van der Waals surface area contributed by atoms with Crippen LogP contribution < -0.4 is 10.6 Å². The molecule has 0 aromatic carbocycles. The third-order valence-electron chi connectivity index (χ3n) is 2.38. The predicted octanol–water partition coefficient (Wildman–Crippen LogP) is -1.98. The highest BCUT2D eigenvalue weighted by molar-refractivity contribution is 5.79. The zero-order valence-corrected chi connectivity index (χ0v) is 9.77. The summed E-state index contributed by atoms with van der Waals surface area (Å²) in [5.41, 5.74) is 0. The Labute approximate surface area is 99.5 Å². The van der Waals surface area contributed by atoms with Crippen LogP contribution in [0.5, 0.6) is 0 Å². The number of esters is 1. The molecule has 3 N–H and O–H groups in total. The molecular formula is C10H18N2O5. The lowest BCUT2D eigenvalue weighted by atomic mass is 10.2. The Bertz CT molecular complexity index is 265. The number of methoxy groups -OCH3 is 1. The Kier molecular flexibility index (Phi) is 5.88. The Morgan fingerprint density at radius 2 is 2.41 bits per heavy atom. The molecule has 1 heterocycles. The van der Waals surface area contributed by atoms with Crippen LogP contribution in [-0.4, -0.2) is 62.5 Å². The summed E-state index contributed by atoms with van der Waals surface area (Å²) in [6.07, 6.45) is -1.27. The number of morpholine rings is 1. The third kappa shape index (κ3) is 5.12. The number of aliphatic hydroxyl groups excluding tert-OH is 1. The number of ether oxygens (including phenoxy) is 2. The SMILES string of the molecule is COC(=O)C(O)CNC(=O)CC1CNCCO1. The molecule has 1 rings (SSSR count). The molecule has 98 valence electrons. The fraction of sp³-hybridized carbons (Fsp3) is 0.800. The smallest absolute Gasteiger partial charge is 0.336 e. The summed E-state index contributed by atoms with van der Waals surface area (Å²) in [5, 5.41) is 14.8. The highest BCUT2D eigenvalue weighted by atomic mass is 16.5. The number of carbonyl (C=O) groups excluding carboxylic acids is 2. The second-order valence-electron chi connectivity index (χ2n) is 3.74. The maximum absolute atomic E-state index is 11.4. The van der Waals surface area contributed by atoms with Gasteiger partial charge >= 0.3 is 5.97 Å². The Morgan fingerprint density at radius 3 is 3.00 bits per heavy atom. The van der Waals surface area contributed by atoms with E-state index in [0.717, 1.165) is 6.54 Å². The topological polar surface area (TPSA) is 96.9 Å². The summed E-state index contributed by atoms with van der Waals surface area (Å²) < 4.78 is 9.67. The van der Waals surface area contributed by atoms with Crippen molar-refractivity contribution in [2.75, 3.05) is 33.4 Å². The molecule has 0 radical (unpaired) electrons. The molecule has 0 bridgehead atoms. The summed E-state index contributed by atoms with van der Waals surface area (Å²) in [4.78, 5) is 22.3. The van der Waals surface area contributed by atoms with Gasteiger partial charge in [-0.3, -0.25) is 4.79 Å². The van der Waals surface area contributed by atoms with E-state index in [-0.39, 0.29) is 25.0 Å². The minimum absolute atomic E-state index is 0.147. The van der Waals surface area contributed by atoms with Crippen molar-refractivity contribution in [3.05, 3.63) is 0 Å². The first kappa shape index (κ1) is 13.9. The average molecular weight is 246 g/mol. The Morgan fingerprint density at radius 1 is 1.65 bits per heavy atom. The molecule has 0 aliphatic carbocycles. The Hall–Kier alpha value is -1.18. The summed E-state index contributed by atoms with van der Waals surface area (Å²) in [7, 11) is 1.18. The van der Waals surface area contributed by atoms with Crippen molar-refractivity contribution in [1.29, 1.82) is 0 Å². The van der Waals surface area contributed by atoms with E-state index in [1.54, 1.807) is 0 Å². The van der Waals surface area contributed by atoms with E-state index in [2.05, 4.69) is 15.4 Å². The van der Waals surface area contributed by atoms with Gasteiger partial charge in [0.15, 0.2) is 6.10 Å². The number of carbonyl (C=O) groups is 2. The summed E-state index contributed by atoms with van der Waals surface area (Å²) >= 11 is 0. The van der Waals surface area contributed by atoms with Crippen LogP contribution >= 0.6 is 0 Å². The molecule has 2 unspecified atom stereocenters. The van der Waals surface area contributed by atoms with Crippen molar-refractivity contribution in [3.63, 3.8) is 0 Å². The quantitative estimate of drug-likeness (QED) is 0.486. The van der Waals surface area contributed by atoms with Gasteiger partial charge in [0.05, 0.1) is 32.8 Å². The van der Waals surface area contributed by atoms with Gasteiger partial charge in [-0.25, -0.2) is 4.79 Å². The lowest BCUT2D eigenvalue weighted by Crippen LogP contribution is -2.43. The van der Waals surface area contributed by atoms with Crippen molar-refractivity contribution in [2.24, 2.45) is 0 Å². The highest BCUT2D eigenvalue weighted by Gasteiger charge is 2.19. The molecule has 7 nitrogen and oxygen atoms in total. The van der Waals surface area contributed by atoms with Gasteiger partial charge in [-0.15, -0.1) is 0 Å². The zero-order valence-electron chi connectivity index (χ0n) is 9.77. The van der Waals surface area contributed by atoms with E-state index in [1.165, 1.54) is 7.11 Å². The number of amides is 1. The second kappa shape index (κ2) is 7.21. The van der Waals surface area contributed by atoms with E-state index >= 15 is 0 Å². The van der Waals surface area contributed by atoms with Crippen LogP contribution in [0.25, 0.3) is 0 Å². The molecule has 1 amide bonds. The molecule has 17 heavy (non-hydrogen) atoms. The van der Waals surface area contributed by atoms with Crippen LogP contribution in [0.4, 0.5) is 0 Å². The van der Waals surface area contributed by atoms with E-state index < -0.39 is 12.1 Å². The van der Waals surface area contributed by atoms with Crippen molar-refractivity contribution in [1.82, 2.24) is 10.6 Å². The molecule has 0 spiro atoms. The lowest BCUT2D eigenvalue weighted by Gasteiger charge is -2.23. The number of aliphatic hydroxyl groups is 1. The van der Waals surface area contributed by atoms with Crippen LogP contribution in [0.1, 0.15) is 6.42 Å². The van der Waals surface area contributed by atoms with Gasteiger partial charge in [-0.1, -0.05) is 0 Å². The molecule has 1 saturated heterocycles. The van der Waals surface area contributed by atoms with Crippen LogP contribution in [0, 0.1) is 0 Å². The Balaban J connectivity index is 2.18. The highest BCUT2D eigenvalue weighted by Crippen LogP contribution is 2.01. The lowest BCUT2D eigenvalue weighted by molar-refractivity contribution is -0.150. The van der Waals surface area contributed by atoms with Gasteiger partial charge in [0.1, 0.15) is 0 Å². The minimum Gasteiger partial charge on any atom is -0.467 e. The van der Waals surface area contributed by atoms with E-state index in [9.17, 15) is 14.7 Å².